The molecule has 1 fully saturated rings. The van der Waals surface area contributed by atoms with Crippen molar-refractivity contribution < 1.29 is 9.53 Å². The van der Waals surface area contributed by atoms with Gasteiger partial charge in [0.2, 0.25) is 5.91 Å². The monoisotopic (exact) mass is 480 g/mol. The van der Waals surface area contributed by atoms with E-state index >= 15 is 0 Å². The van der Waals surface area contributed by atoms with Crippen LogP contribution in [0.15, 0.2) is 58.3 Å². The van der Waals surface area contributed by atoms with Crippen LogP contribution in [0.2, 0.25) is 0 Å². The van der Waals surface area contributed by atoms with Gasteiger partial charge in [0.25, 0.3) is 5.56 Å². The second-order valence-electron chi connectivity index (χ2n) is 7.96. The zero-order valence-corrected chi connectivity index (χ0v) is 19.9. The topological polar surface area (TPSA) is 67.7 Å². The maximum atomic E-state index is 13.2. The van der Waals surface area contributed by atoms with Crippen LogP contribution in [0.4, 0.5) is 5.69 Å². The number of benzene rings is 1. The number of para-hydroxylation sites is 1. The minimum atomic E-state index is -0.180. The summed E-state index contributed by atoms with van der Waals surface area (Å²) in [5.74, 6) is -0.136. The Kier molecular flexibility index (Phi) is 6.26. The number of nitrogens with zero attached hydrogens (tertiary/aromatic N) is 4. The Hall–Kier alpha value is -3.01. The highest BCUT2D eigenvalue weighted by atomic mass is 32.1. The first kappa shape index (κ1) is 21.8. The molecule has 7 nitrogen and oxygen atoms in total. The van der Waals surface area contributed by atoms with Gasteiger partial charge in [0, 0.05) is 48.2 Å². The lowest BCUT2D eigenvalue weighted by molar-refractivity contribution is -0.131. The van der Waals surface area contributed by atoms with Crippen molar-refractivity contribution in [3.05, 3.63) is 69.4 Å². The minimum Gasteiger partial charge on any atom is -0.378 e. The van der Waals surface area contributed by atoms with E-state index in [9.17, 15) is 9.59 Å². The predicted molar refractivity (Wildman–Crippen MR) is 133 cm³/mol. The summed E-state index contributed by atoms with van der Waals surface area (Å²) in [7, 11) is 1.77. The van der Waals surface area contributed by atoms with E-state index in [4.69, 9.17) is 4.74 Å². The summed E-state index contributed by atoms with van der Waals surface area (Å²) in [6, 6.07) is 12.1. The van der Waals surface area contributed by atoms with Crippen LogP contribution < -0.4 is 10.5 Å². The van der Waals surface area contributed by atoms with E-state index in [1.807, 2.05) is 41.1 Å². The lowest BCUT2D eigenvalue weighted by Gasteiger charge is -2.31. The first-order chi connectivity index (χ1) is 16.1. The largest absolute Gasteiger partial charge is 0.378 e. The molecule has 33 heavy (non-hydrogen) atoms. The summed E-state index contributed by atoms with van der Waals surface area (Å²) < 4.78 is 6.89. The maximum absolute atomic E-state index is 13.2. The fraction of sp³-hybridized carbons (Fsp3) is 0.292. The van der Waals surface area contributed by atoms with Crippen molar-refractivity contribution in [1.29, 1.82) is 0 Å². The highest BCUT2D eigenvalue weighted by Gasteiger charge is 2.19. The Morgan fingerprint density at radius 2 is 1.97 bits per heavy atom. The zero-order chi connectivity index (χ0) is 22.8. The Morgan fingerprint density at radius 3 is 2.76 bits per heavy atom. The first-order valence-corrected chi connectivity index (χ1v) is 12.5. The van der Waals surface area contributed by atoms with E-state index in [-0.39, 0.29) is 18.0 Å². The number of hydrogen-bond acceptors (Lipinski definition) is 7. The molecule has 1 aliphatic rings. The van der Waals surface area contributed by atoms with Gasteiger partial charge in [-0.2, -0.15) is 0 Å². The zero-order valence-electron chi connectivity index (χ0n) is 18.3. The number of thiophene rings is 2. The molecule has 0 saturated carbocycles. The lowest BCUT2D eigenvalue weighted by atomic mass is 10.1. The fourth-order valence-electron chi connectivity index (χ4n) is 4.06. The number of amides is 1. The van der Waals surface area contributed by atoms with Gasteiger partial charge in [0.15, 0.2) is 0 Å². The number of ether oxygens (including phenoxy) is 1. The third kappa shape index (κ3) is 4.44. The van der Waals surface area contributed by atoms with Crippen LogP contribution in [0, 0.1) is 0 Å². The second kappa shape index (κ2) is 9.46. The molecule has 170 valence electrons. The molecule has 3 aromatic heterocycles. The molecule has 0 bridgehead atoms. The summed E-state index contributed by atoms with van der Waals surface area (Å²) >= 11 is 3.04. The molecule has 9 heteroatoms. The van der Waals surface area contributed by atoms with Crippen molar-refractivity contribution in [2.24, 2.45) is 0 Å². The molecule has 0 unspecified atom stereocenters. The van der Waals surface area contributed by atoms with Crippen LogP contribution in [0.25, 0.3) is 20.7 Å². The lowest BCUT2D eigenvalue weighted by Crippen LogP contribution is -2.38. The molecule has 1 saturated heterocycles. The number of carbonyl (C=O) groups is 1. The molecule has 0 atom stereocenters. The Labute approximate surface area is 199 Å². The highest BCUT2D eigenvalue weighted by Crippen LogP contribution is 2.33. The molecule has 1 aromatic carbocycles. The predicted octanol–water partition coefficient (Wildman–Crippen LogP) is 3.68. The number of aromatic nitrogens is 2. The van der Waals surface area contributed by atoms with E-state index in [0.717, 1.165) is 34.8 Å². The van der Waals surface area contributed by atoms with Gasteiger partial charge >= 0.3 is 0 Å². The van der Waals surface area contributed by atoms with E-state index < -0.39 is 0 Å². The number of rotatable bonds is 6. The van der Waals surface area contributed by atoms with E-state index in [2.05, 4.69) is 16.0 Å². The van der Waals surface area contributed by atoms with Gasteiger partial charge in [0.1, 0.15) is 11.4 Å². The number of hydrogen-bond donors (Lipinski definition) is 0. The summed E-state index contributed by atoms with van der Waals surface area (Å²) in [6.45, 7) is 3.51. The number of carbonyl (C=O) groups excluding carboxylic acids is 1. The smallest absolute Gasteiger partial charge is 0.263 e. The highest BCUT2D eigenvalue weighted by molar-refractivity contribution is 7.18. The summed E-state index contributed by atoms with van der Waals surface area (Å²) in [5.41, 5.74) is 2.91. The van der Waals surface area contributed by atoms with Crippen molar-refractivity contribution in [2.45, 2.75) is 13.1 Å². The van der Waals surface area contributed by atoms with Crippen LogP contribution in [0.5, 0.6) is 0 Å². The van der Waals surface area contributed by atoms with Gasteiger partial charge in [0.05, 0.1) is 24.9 Å². The molecule has 4 heterocycles. The third-order valence-corrected chi connectivity index (χ3v) is 7.62. The number of likely N-dealkylation sites (N-methyl/N-ethyl adjacent to an activating group) is 1. The first-order valence-electron chi connectivity index (χ1n) is 10.8. The van der Waals surface area contributed by atoms with Gasteiger partial charge in [-0.1, -0.05) is 24.3 Å². The van der Waals surface area contributed by atoms with E-state index in [0.29, 0.717) is 30.0 Å². The van der Waals surface area contributed by atoms with Crippen LogP contribution in [-0.4, -0.2) is 53.7 Å². The van der Waals surface area contributed by atoms with Gasteiger partial charge in [-0.15, -0.1) is 22.7 Å². The standard InChI is InChI=1S/C24H24N4O3S2/c1-26(13-17-5-2-3-6-19(17)27-8-10-31-11-9-27)21(29)14-28-16-25-23-22(24(28)30)18(15-33-23)20-7-4-12-32-20/h2-7,12,15-16H,8-11,13-14H2,1H3. The SMILES string of the molecule is CN(Cc1ccccc1N1CCOCC1)C(=O)Cn1cnc2scc(-c3cccs3)c2c1=O. The van der Waals surface area contributed by atoms with Crippen molar-refractivity contribution in [3.8, 4) is 10.4 Å². The Morgan fingerprint density at radius 1 is 1.15 bits per heavy atom. The van der Waals surface area contributed by atoms with Gasteiger partial charge in [-0.3, -0.25) is 14.2 Å². The normalized spacial score (nSPS) is 14.0. The number of morpholine rings is 1. The molecule has 0 N–H and O–H groups in total. The average molecular weight is 481 g/mol. The van der Waals surface area contributed by atoms with Crippen molar-refractivity contribution in [3.63, 3.8) is 0 Å². The Bertz CT molecular complexity index is 1320. The molecular formula is C24H24N4O3S2. The molecule has 0 aliphatic carbocycles. The molecule has 1 aliphatic heterocycles. The van der Waals surface area contributed by atoms with Gasteiger partial charge in [-0.05, 0) is 23.1 Å². The summed E-state index contributed by atoms with van der Waals surface area (Å²) in [5, 5.41) is 4.53. The summed E-state index contributed by atoms with van der Waals surface area (Å²) in [4.78, 5) is 36.4. The van der Waals surface area contributed by atoms with Crippen molar-refractivity contribution in [2.75, 3.05) is 38.3 Å². The molecule has 1 amide bonds. The second-order valence-corrected chi connectivity index (χ2v) is 9.77. The maximum Gasteiger partial charge on any atom is 0.263 e. The van der Waals surface area contributed by atoms with E-state index in [1.165, 1.54) is 22.2 Å². The van der Waals surface area contributed by atoms with E-state index in [1.54, 1.807) is 23.3 Å². The Balaban J connectivity index is 1.36. The average Bonchev–Trinajstić information content (AvgIpc) is 3.52. The minimum absolute atomic E-state index is 0.0439. The van der Waals surface area contributed by atoms with Crippen molar-refractivity contribution >= 4 is 44.5 Å². The van der Waals surface area contributed by atoms with Crippen LogP contribution in [-0.2, 0) is 22.6 Å². The van der Waals surface area contributed by atoms with Gasteiger partial charge in [-0.25, -0.2) is 4.98 Å². The molecule has 0 spiro atoms. The van der Waals surface area contributed by atoms with Crippen LogP contribution in [0.1, 0.15) is 5.56 Å². The van der Waals surface area contributed by atoms with Crippen LogP contribution >= 0.6 is 22.7 Å². The van der Waals surface area contributed by atoms with Gasteiger partial charge < -0.3 is 14.5 Å². The molecular weight excluding hydrogens is 456 g/mol. The van der Waals surface area contributed by atoms with Crippen LogP contribution in [0.3, 0.4) is 0 Å². The quantitative estimate of drug-likeness (QED) is 0.421. The third-order valence-electron chi connectivity index (χ3n) is 5.83. The number of anilines is 1. The number of fused-ring (bicyclic) bond motifs is 1. The fourth-order valence-corrected chi connectivity index (χ4v) is 5.78. The van der Waals surface area contributed by atoms with Crippen molar-refractivity contribution in [1.82, 2.24) is 14.5 Å². The molecule has 5 rings (SSSR count). The molecule has 0 radical (unpaired) electrons. The molecule has 4 aromatic rings. The summed E-state index contributed by atoms with van der Waals surface area (Å²) in [6.07, 6.45) is 1.48.